The van der Waals surface area contributed by atoms with Crippen molar-refractivity contribution in [1.29, 1.82) is 5.26 Å². The minimum atomic E-state index is 0.115. The molecule has 1 aromatic rings. The molecule has 1 saturated heterocycles. The summed E-state index contributed by atoms with van der Waals surface area (Å²) >= 11 is 0. The summed E-state index contributed by atoms with van der Waals surface area (Å²) in [5.41, 5.74) is 1.89. The first-order valence-electron chi connectivity index (χ1n) is 7.36. The van der Waals surface area contributed by atoms with Gasteiger partial charge in [0.1, 0.15) is 0 Å². The van der Waals surface area contributed by atoms with Crippen molar-refractivity contribution in [3.05, 3.63) is 35.4 Å². The minimum Gasteiger partial charge on any atom is -0.374 e. The predicted octanol–water partition coefficient (Wildman–Crippen LogP) is 1.68. The van der Waals surface area contributed by atoms with Crippen molar-refractivity contribution in [3.8, 4) is 6.07 Å². The highest BCUT2D eigenvalue weighted by Crippen LogP contribution is 2.39. The Hall–Kier alpha value is -1.41. The van der Waals surface area contributed by atoms with Gasteiger partial charge in [-0.1, -0.05) is 18.2 Å². The number of likely N-dealkylation sites (N-methyl/N-ethyl adjacent to an activating group) is 1. The minimum absolute atomic E-state index is 0.115. The molecule has 0 aromatic heterocycles. The van der Waals surface area contributed by atoms with Crippen molar-refractivity contribution < 1.29 is 4.74 Å². The topological polar surface area (TPSA) is 48.3 Å². The van der Waals surface area contributed by atoms with Crippen molar-refractivity contribution >= 4 is 0 Å². The molecular formula is C16H21N3O. The van der Waals surface area contributed by atoms with Crippen molar-refractivity contribution in [2.45, 2.75) is 31.0 Å². The van der Waals surface area contributed by atoms with E-state index < -0.39 is 0 Å². The maximum atomic E-state index is 9.38. The molecule has 2 aliphatic rings. The first kappa shape index (κ1) is 13.6. The summed E-state index contributed by atoms with van der Waals surface area (Å²) < 4.78 is 5.98. The lowest BCUT2D eigenvalue weighted by molar-refractivity contribution is -0.0740. The maximum Gasteiger partial charge on any atom is 0.0995 e. The Morgan fingerprint density at radius 2 is 2.20 bits per heavy atom. The third kappa shape index (κ3) is 2.57. The SMILES string of the molecule is CNCC1OCCN(C2CC2)C1c1ccccc1C#N. The van der Waals surface area contributed by atoms with Crippen LogP contribution in [0.1, 0.15) is 30.0 Å². The molecule has 2 atom stereocenters. The molecule has 1 saturated carbocycles. The van der Waals surface area contributed by atoms with Crippen LogP contribution in [-0.4, -0.2) is 43.8 Å². The second-order valence-electron chi connectivity index (χ2n) is 5.58. The van der Waals surface area contributed by atoms with Crippen LogP contribution in [0.2, 0.25) is 0 Å². The van der Waals surface area contributed by atoms with Crippen molar-refractivity contribution in [3.63, 3.8) is 0 Å². The molecule has 0 bridgehead atoms. The van der Waals surface area contributed by atoms with Crippen LogP contribution in [0.25, 0.3) is 0 Å². The average Bonchev–Trinajstić information content (AvgIpc) is 3.32. The molecule has 1 aromatic carbocycles. The average molecular weight is 271 g/mol. The number of benzene rings is 1. The van der Waals surface area contributed by atoms with Gasteiger partial charge >= 0.3 is 0 Å². The molecule has 0 spiro atoms. The van der Waals surface area contributed by atoms with Gasteiger partial charge in [0.2, 0.25) is 0 Å². The summed E-state index contributed by atoms with van der Waals surface area (Å²) in [6.45, 7) is 2.57. The van der Waals surface area contributed by atoms with Crippen LogP contribution in [0.15, 0.2) is 24.3 Å². The lowest BCUT2D eigenvalue weighted by atomic mass is 9.93. The molecule has 0 amide bonds. The second kappa shape index (κ2) is 5.92. The van der Waals surface area contributed by atoms with Gasteiger partial charge in [-0.25, -0.2) is 0 Å². The Morgan fingerprint density at radius 3 is 2.90 bits per heavy atom. The third-order valence-corrected chi connectivity index (χ3v) is 4.21. The van der Waals surface area contributed by atoms with Gasteiger partial charge in [0.25, 0.3) is 0 Å². The van der Waals surface area contributed by atoms with Crippen LogP contribution in [-0.2, 0) is 4.74 Å². The molecule has 3 rings (SSSR count). The van der Waals surface area contributed by atoms with Gasteiger partial charge in [-0.05, 0) is 31.5 Å². The molecule has 106 valence electrons. The van der Waals surface area contributed by atoms with Gasteiger partial charge in [0.15, 0.2) is 0 Å². The van der Waals surface area contributed by atoms with Crippen molar-refractivity contribution in [1.82, 2.24) is 10.2 Å². The smallest absolute Gasteiger partial charge is 0.0995 e. The molecule has 2 unspecified atom stereocenters. The Bertz CT molecular complexity index is 505. The van der Waals surface area contributed by atoms with E-state index >= 15 is 0 Å². The van der Waals surface area contributed by atoms with E-state index in [1.165, 1.54) is 12.8 Å². The van der Waals surface area contributed by atoms with Crippen LogP contribution in [0.4, 0.5) is 0 Å². The summed E-state index contributed by atoms with van der Waals surface area (Å²) in [7, 11) is 1.95. The number of nitriles is 1. The van der Waals surface area contributed by atoms with Gasteiger partial charge < -0.3 is 10.1 Å². The molecule has 1 N–H and O–H groups in total. The number of hydrogen-bond donors (Lipinski definition) is 1. The van der Waals surface area contributed by atoms with E-state index in [4.69, 9.17) is 4.74 Å². The highest BCUT2D eigenvalue weighted by Gasteiger charge is 2.41. The molecule has 4 heteroatoms. The number of nitrogens with one attached hydrogen (secondary N) is 1. The Labute approximate surface area is 120 Å². The molecule has 2 fully saturated rings. The summed E-state index contributed by atoms with van der Waals surface area (Å²) in [5, 5.41) is 12.6. The first-order valence-corrected chi connectivity index (χ1v) is 7.36. The number of rotatable bonds is 4. The zero-order chi connectivity index (χ0) is 13.9. The van der Waals surface area contributed by atoms with E-state index in [1.807, 2.05) is 25.2 Å². The van der Waals surface area contributed by atoms with E-state index in [2.05, 4.69) is 22.4 Å². The number of morpholine rings is 1. The Kier molecular flexibility index (Phi) is 4.02. The van der Waals surface area contributed by atoms with Gasteiger partial charge in [-0.2, -0.15) is 5.26 Å². The van der Waals surface area contributed by atoms with E-state index in [0.29, 0.717) is 6.04 Å². The summed E-state index contributed by atoms with van der Waals surface area (Å²) in [4.78, 5) is 2.54. The second-order valence-corrected chi connectivity index (χ2v) is 5.58. The van der Waals surface area contributed by atoms with E-state index in [1.54, 1.807) is 0 Å². The molecule has 0 radical (unpaired) electrons. The van der Waals surface area contributed by atoms with Crippen LogP contribution in [0.3, 0.4) is 0 Å². The molecule has 1 heterocycles. The Balaban J connectivity index is 1.96. The highest BCUT2D eigenvalue weighted by atomic mass is 16.5. The van der Waals surface area contributed by atoms with Crippen LogP contribution in [0, 0.1) is 11.3 Å². The first-order chi connectivity index (χ1) is 9.85. The monoisotopic (exact) mass is 271 g/mol. The quantitative estimate of drug-likeness (QED) is 0.905. The molecule has 20 heavy (non-hydrogen) atoms. The summed E-state index contributed by atoms with van der Waals surface area (Å²) in [5.74, 6) is 0. The number of hydrogen-bond acceptors (Lipinski definition) is 4. The van der Waals surface area contributed by atoms with Gasteiger partial charge in [0, 0.05) is 19.1 Å². The van der Waals surface area contributed by atoms with Crippen molar-refractivity contribution in [2.75, 3.05) is 26.7 Å². The normalized spacial score (nSPS) is 27.2. The Morgan fingerprint density at radius 1 is 1.40 bits per heavy atom. The zero-order valence-corrected chi connectivity index (χ0v) is 11.9. The fourth-order valence-electron chi connectivity index (χ4n) is 3.18. The van der Waals surface area contributed by atoms with Gasteiger partial charge in [-0.15, -0.1) is 0 Å². The maximum absolute atomic E-state index is 9.38. The number of ether oxygens (including phenoxy) is 1. The molecule has 1 aliphatic heterocycles. The van der Waals surface area contributed by atoms with Gasteiger partial charge in [0.05, 0.1) is 30.4 Å². The largest absolute Gasteiger partial charge is 0.374 e. The predicted molar refractivity (Wildman–Crippen MR) is 77.3 cm³/mol. The van der Waals surface area contributed by atoms with Gasteiger partial charge in [-0.3, -0.25) is 4.90 Å². The third-order valence-electron chi connectivity index (χ3n) is 4.21. The summed E-state index contributed by atoms with van der Waals surface area (Å²) in [6.07, 6.45) is 2.67. The van der Waals surface area contributed by atoms with E-state index in [-0.39, 0.29) is 12.1 Å². The lowest BCUT2D eigenvalue weighted by Crippen LogP contribution is -2.49. The standard InChI is InChI=1S/C16H21N3O/c1-18-11-15-16(14-5-3-2-4-12(14)10-17)19(8-9-20-15)13-6-7-13/h2-5,13,15-16,18H,6-9,11H2,1H3. The van der Waals surface area contributed by atoms with Crippen LogP contribution < -0.4 is 5.32 Å². The zero-order valence-electron chi connectivity index (χ0n) is 11.9. The van der Waals surface area contributed by atoms with E-state index in [9.17, 15) is 5.26 Å². The fourth-order valence-corrected chi connectivity index (χ4v) is 3.18. The van der Waals surface area contributed by atoms with Crippen LogP contribution >= 0.6 is 0 Å². The fraction of sp³-hybridized carbons (Fsp3) is 0.562. The summed E-state index contributed by atoms with van der Waals surface area (Å²) in [6, 6.07) is 11.1. The molecule has 4 nitrogen and oxygen atoms in total. The lowest BCUT2D eigenvalue weighted by Gasteiger charge is -2.42. The van der Waals surface area contributed by atoms with E-state index in [0.717, 1.165) is 30.8 Å². The van der Waals surface area contributed by atoms with Crippen LogP contribution in [0.5, 0.6) is 0 Å². The number of nitrogens with zero attached hydrogens (tertiary/aromatic N) is 2. The highest BCUT2D eigenvalue weighted by molar-refractivity contribution is 5.40. The molecular weight excluding hydrogens is 250 g/mol. The molecule has 1 aliphatic carbocycles. The van der Waals surface area contributed by atoms with Crippen molar-refractivity contribution in [2.24, 2.45) is 0 Å².